The van der Waals surface area contributed by atoms with Crippen LogP contribution in [0.15, 0.2) is 0 Å². The second-order valence-corrected chi connectivity index (χ2v) is 4.30. The van der Waals surface area contributed by atoms with Crippen molar-refractivity contribution in [2.75, 3.05) is 13.6 Å². The van der Waals surface area contributed by atoms with Gasteiger partial charge in [-0.3, -0.25) is 0 Å². The summed E-state index contributed by atoms with van der Waals surface area (Å²) in [6.07, 6.45) is 0.610. The number of carbonyl (C=O) groups excluding carboxylic acids is 1. The van der Waals surface area contributed by atoms with Crippen molar-refractivity contribution < 1.29 is 14.7 Å². The van der Waals surface area contributed by atoms with Gasteiger partial charge in [-0.25, -0.2) is 9.59 Å². The lowest BCUT2D eigenvalue weighted by atomic mass is 10.0. The van der Waals surface area contributed by atoms with Gasteiger partial charge in [0.05, 0.1) is 12.5 Å². The average molecular weight is 241 g/mol. The van der Waals surface area contributed by atoms with E-state index in [1.807, 2.05) is 19.9 Å². The van der Waals surface area contributed by atoms with Gasteiger partial charge in [-0.2, -0.15) is 5.26 Å². The molecular weight excluding hydrogens is 222 g/mol. The number of nitriles is 1. The SMILES string of the molecule is CC(C)C[C@@H](NC(=O)N(C)CCC#N)C(=O)O. The highest BCUT2D eigenvalue weighted by molar-refractivity contribution is 5.82. The number of rotatable bonds is 6. The highest BCUT2D eigenvalue weighted by Crippen LogP contribution is 2.05. The van der Waals surface area contributed by atoms with Gasteiger partial charge >= 0.3 is 12.0 Å². The van der Waals surface area contributed by atoms with Gasteiger partial charge in [0, 0.05) is 13.6 Å². The predicted molar refractivity (Wildman–Crippen MR) is 62.3 cm³/mol. The summed E-state index contributed by atoms with van der Waals surface area (Å²) in [6, 6.07) is 0.577. The fourth-order valence-corrected chi connectivity index (χ4v) is 1.27. The van der Waals surface area contributed by atoms with Gasteiger partial charge in [0.1, 0.15) is 6.04 Å². The Hall–Kier alpha value is -1.77. The second-order valence-electron chi connectivity index (χ2n) is 4.30. The number of aliphatic carboxylic acids is 1. The number of nitrogens with zero attached hydrogens (tertiary/aromatic N) is 2. The molecule has 0 saturated heterocycles. The summed E-state index contributed by atoms with van der Waals surface area (Å²) in [5.41, 5.74) is 0. The monoisotopic (exact) mass is 241 g/mol. The Balaban J connectivity index is 4.30. The Bertz CT molecular complexity index is 310. The van der Waals surface area contributed by atoms with Crippen LogP contribution in [0.2, 0.25) is 0 Å². The molecule has 2 N–H and O–H groups in total. The van der Waals surface area contributed by atoms with Crippen LogP contribution in [0.4, 0.5) is 4.79 Å². The standard InChI is InChI=1S/C11H19N3O3/c1-8(2)7-9(10(15)16)13-11(17)14(3)6-4-5-12/h8-9H,4,6-7H2,1-3H3,(H,13,17)(H,15,16)/t9-/m1/s1. The third-order valence-electron chi connectivity index (χ3n) is 2.21. The summed E-state index contributed by atoms with van der Waals surface area (Å²) in [5.74, 6) is -0.860. The average Bonchev–Trinajstić information content (AvgIpc) is 2.23. The first-order valence-corrected chi connectivity index (χ1v) is 5.49. The molecule has 6 heteroatoms. The predicted octanol–water partition coefficient (Wildman–Crippen LogP) is 1.04. The number of urea groups is 1. The molecule has 1 atom stereocenters. The van der Waals surface area contributed by atoms with E-state index in [0.29, 0.717) is 6.42 Å². The van der Waals surface area contributed by atoms with Crippen molar-refractivity contribution in [1.29, 1.82) is 5.26 Å². The maximum atomic E-state index is 11.6. The molecule has 17 heavy (non-hydrogen) atoms. The van der Waals surface area contributed by atoms with Crippen molar-refractivity contribution in [2.24, 2.45) is 5.92 Å². The van der Waals surface area contributed by atoms with E-state index in [0.717, 1.165) is 0 Å². The van der Waals surface area contributed by atoms with Crippen LogP contribution in [0.1, 0.15) is 26.7 Å². The van der Waals surface area contributed by atoms with Gasteiger partial charge in [-0.05, 0) is 12.3 Å². The Kier molecular flexibility index (Phi) is 6.71. The van der Waals surface area contributed by atoms with Crippen LogP contribution in [0.25, 0.3) is 0 Å². The summed E-state index contributed by atoms with van der Waals surface area (Å²) >= 11 is 0. The topological polar surface area (TPSA) is 93.4 Å². The van der Waals surface area contributed by atoms with Gasteiger partial charge in [-0.1, -0.05) is 13.8 Å². The zero-order valence-electron chi connectivity index (χ0n) is 10.4. The Labute approximate surface area is 101 Å². The van der Waals surface area contributed by atoms with Crippen molar-refractivity contribution in [2.45, 2.75) is 32.7 Å². The lowest BCUT2D eigenvalue weighted by molar-refractivity contribution is -0.139. The second kappa shape index (κ2) is 7.49. The molecule has 2 amide bonds. The van der Waals surface area contributed by atoms with Crippen LogP contribution >= 0.6 is 0 Å². The van der Waals surface area contributed by atoms with E-state index in [2.05, 4.69) is 5.32 Å². The van der Waals surface area contributed by atoms with E-state index in [1.165, 1.54) is 11.9 Å². The molecule has 0 radical (unpaired) electrons. The zero-order valence-corrected chi connectivity index (χ0v) is 10.4. The number of hydrogen-bond acceptors (Lipinski definition) is 3. The smallest absolute Gasteiger partial charge is 0.326 e. The molecule has 0 aliphatic carbocycles. The lowest BCUT2D eigenvalue weighted by Gasteiger charge is -2.21. The Morgan fingerprint density at radius 3 is 2.47 bits per heavy atom. The maximum absolute atomic E-state index is 11.6. The third kappa shape index (κ3) is 6.40. The minimum Gasteiger partial charge on any atom is -0.480 e. The molecule has 0 aliphatic heterocycles. The number of hydrogen-bond donors (Lipinski definition) is 2. The molecule has 0 aliphatic rings. The highest BCUT2D eigenvalue weighted by Gasteiger charge is 2.22. The Morgan fingerprint density at radius 1 is 1.47 bits per heavy atom. The van der Waals surface area contributed by atoms with E-state index >= 15 is 0 Å². The molecule has 0 saturated carbocycles. The number of carboxylic acids is 1. The summed E-state index contributed by atoms with van der Waals surface area (Å²) in [4.78, 5) is 23.8. The molecule has 96 valence electrons. The molecule has 0 aromatic rings. The van der Waals surface area contributed by atoms with Gasteiger partial charge in [-0.15, -0.1) is 0 Å². The molecule has 0 bridgehead atoms. The van der Waals surface area contributed by atoms with Crippen LogP contribution in [0.5, 0.6) is 0 Å². The molecule has 0 fully saturated rings. The summed E-state index contributed by atoms with van der Waals surface area (Å²) in [6.45, 7) is 4.07. The largest absolute Gasteiger partial charge is 0.480 e. The first-order chi connectivity index (χ1) is 7.88. The van der Waals surface area contributed by atoms with Gasteiger partial charge in [0.15, 0.2) is 0 Å². The van der Waals surface area contributed by atoms with Crippen molar-refractivity contribution in [1.82, 2.24) is 10.2 Å². The summed E-state index contributed by atoms with van der Waals surface area (Å²) in [5, 5.41) is 19.8. The van der Waals surface area contributed by atoms with E-state index in [4.69, 9.17) is 10.4 Å². The van der Waals surface area contributed by atoms with Crippen LogP contribution in [-0.2, 0) is 4.79 Å². The zero-order chi connectivity index (χ0) is 13.4. The minimum atomic E-state index is -1.04. The van der Waals surface area contributed by atoms with Crippen molar-refractivity contribution >= 4 is 12.0 Å². The third-order valence-corrected chi connectivity index (χ3v) is 2.21. The quantitative estimate of drug-likeness (QED) is 0.726. The molecule has 0 spiro atoms. The Morgan fingerprint density at radius 2 is 2.06 bits per heavy atom. The van der Waals surface area contributed by atoms with E-state index in [1.54, 1.807) is 0 Å². The molecule has 0 unspecified atom stereocenters. The van der Waals surface area contributed by atoms with E-state index in [-0.39, 0.29) is 18.9 Å². The highest BCUT2D eigenvalue weighted by atomic mass is 16.4. The first-order valence-electron chi connectivity index (χ1n) is 5.49. The minimum absolute atomic E-state index is 0.181. The van der Waals surface area contributed by atoms with Crippen molar-refractivity contribution in [3.63, 3.8) is 0 Å². The molecule has 0 aromatic heterocycles. The summed E-state index contributed by atoms with van der Waals surface area (Å²) < 4.78 is 0. The molecule has 0 heterocycles. The fraction of sp³-hybridized carbons (Fsp3) is 0.727. The van der Waals surface area contributed by atoms with Gasteiger partial charge < -0.3 is 15.3 Å². The number of nitrogens with one attached hydrogen (secondary N) is 1. The van der Waals surface area contributed by atoms with Crippen LogP contribution in [-0.4, -0.2) is 41.6 Å². The van der Waals surface area contributed by atoms with Crippen molar-refractivity contribution in [3.8, 4) is 6.07 Å². The van der Waals surface area contributed by atoms with Crippen molar-refractivity contribution in [3.05, 3.63) is 0 Å². The first kappa shape index (κ1) is 15.2. The van der Waals surface area contributed by atoms with E-state index < -0.39 is 18.0 Å². The van der Waals surface area contributed by atoms with Crippen LogP contribution in [0, 0.1) is 17.2 Å². The number of carboxylic acid groups (broad SMARTS) is 1. The molecule has 0 aromatic carbocycles. The van der Waals surface area contributed by atoms with Crippen LogP contribution in [0.3, 0.4) is 0 Å². The fourth-order valence-electron chi connectivity index (χ4n) is 1.27. The maximum Gasteiger partial charge on any atom is 0.326 e. The molecular formula is C11H19N3O3. The molecule has 0 rings (SSSR count). The van der Waals surface area contributed by atoms with Crippen LogP contribution < -0.4 is 5.32 Å². The number of carbonyl (C=O) groups is 2. The lowest BCUT2D eigenvalue weighted by Crippen LogP contribution is -2.47. The normalized spacial score (nSPS) is 11.7. The van der Waals surface area contributed by atoms with E-state index in [9.17, 15) is 9.59 Å². The van der Waals surface area contributed by atoms with Gasteiger partial charge in [0.2, 0.25) is 0 Å². The molecule has 6 nitrogen and oxygen atoms in total. The number of amides is 2. The summed E-state index contributed by atoms with van der Waals surface area (Å²) in [7, 11) is 1.53. The van der Waals surface area contributed by atoms with Gasteiger partial charge in [0.25, 0.3) is 0 Å².